The molecule has 0 bridgehead atoms. The lowest BCUT2D eigenvalue weighted by Crippen LogP contribution is -2.52. The van der Waals surface area contributed by atoms with Crippen molar-refractivity contribution in [1.29, 1.82) is 5.26 Å². The smallest absolute Gasteiger partial charge is 0.413 e. The summed E-state index contributed by atoms with van der Waals surface area (Å²) in [6.45, 7) is 7.07. The summed E-state index contributed by atoms with van der Waals surface area (Å²) in [6, 6.07) is 14.4. The highest BCUT2D eigenvalue weighted by Crippen LogP contribution is 2.27. The van der Waals surface area contributed by atoms with Gasteiger partial charge in [-0.1, -0.05) is 67.7 Å². The maximum absolute atomic E-state index is 13.3. The van der Waals surface area contributed by atoms with Crippen LogP contribution in [0.5, 0.6) is 0 Å². The molecular weight excluding hydrogens is 595 g/mol. The molecule has 1 heterocycles. The maximum Gasteiger partial charge on any atom is 0.413 e. The molecule has 0 radical (unpaired) electrons. The van der Waals surface area contributed by atoms with Gasteiger partial charge < -0.3 is 19.5 Å². The lowest BCUT2D eigenvalue weighted by atomic mass is 9.98. The van der Waals surface area contributed by atoms with E-state index in [4.69, 9.17) is 45.4 Å². The number of hydrogen-bond donors (Lipinski definition) is 2. The second-order valence-corrected chi connectivity index (χ2v) is 11.0. The van der Waals surface area contributed by atoms with Crippen LogP contribution in [0.3, 0.4) is 0 Å². The van der Waals surface area contributed by atoms with Gasteiger partial charge in [-0.2, -0.15) is 5.26 Å². The number of aromatic nitrogens is 2. The molecule has 0 aliphatic heterocycles. The van der Waals surface area contributed by atoms with Gasteiger partial charge in [0.25, 0.3) is 0 Å². The average Bonchev–Trinajstić information content (AvgIpc) is 3.40. The predicted octanol–water partition coefficient (Wildman–Crippen LogP) is 5.72. The van der Waals surface area contributed by atoms with Crippen molar-refractivity contribution in [2.75, 3.05) is 13.2 Å². The largest absolute Gasteiger partial charge is 0.450 e. The minimum absolute atomic E-state index is 0.0836. The number of imidazole rings is 1. The Morgan fingerprint density at radius 1 is 1.19 bits per heavy atom. The summed E-state index contributed by atoms with van der Waals surface area (Å²) in [5.74, 6) is -0.0906. The molecule has 1 aromatic heterocycles. The monoisotopic (exact) mass is 628 g/mol. The fourth-order valence-electron chi connectivity index (χ4n) is 4.26. The normalized spacial score (nSPS) is 12.1. The van der Waals surface area contributed by atoms with Crippen LogP contribution in [0.2, 0.25) is 10.0 Å². The van der Waals surface area contributed by atoms with Crippen LogP contribution in [0, 0.1) is 17.2 Å². The van der Waals surface area contributed by atoms with E-state index in [9.17, 15) is 9.59 Å². The van der Waals surface area contributed by atoms with Crippen LogP contribution in [0.15, 0.2) is 55.0 Å². The topological polar surface area (TPSA) is 112 Å². The summed E-state index contributed by atoms with van der Waals surface area (Å²) in [6.07, 6.45) is 3.61. The van der Waals surface area contributed by atoms with E-state index >= 15 is 0 Å². The Labute approximate surface area is 261 Å². The van der Waals surface area contributed by atoms with E-state index < -0.39 is 6.09 Å². The molecule has 2 N–H and O–H groups in total. The molecule has 12 heteroatoms. The lowest BCUT2D eigenvalue weighted by molar-refractivity contribution is -0.121. The summed E-state index contributed by atoms with van der Waals surface area (Å²) in [7, 11) is 0. The number of halogens is 2. The zero-order chi connectivity index (χ0) is 30.6. The minimum atomic E-state index is -0.663. The van der Waals surface area contributed by atoms with Gasteiger partial charge in [-0.3, -0.25) is 10.1 Å². The van der Waals surface area contributed by atoms with E-state index in [0.717, 1.165) is 23.2 Å². The molecule has 42 heavy (non-hydrogen) atoms. The molecule has 0 saturated carbocycles. The molecule has 0 saturated heterocycles. The van der Waals surface area contributed by atoms with Gasteiger partial charge in [-0.15, -0.1) is 0 Å². The van der Waals surface area contributed by atoms with Crippen LogP contribution in [0.25, 0.3) is 0 Å². The third-order valence-electron chi connectivity index (χ3n) is 6.83. The molecule has 0 spiro atoms. The van der Waals surface area contributed by atoms with Crippen LogP contribution in [0.1, 0.15) is 49.6 Å². The molecule has 3 rings (SSSR count). The number of nitrogens with zero attached hydrogens (tertiary/aromatic N) is 4. The van der Waals surface area contributed by atoms with Gasteiger partial charge in [0, 0.05) is 37.6 Å². The van der Waals surface area contributed by atoms with Crippen molar-refractivity contribution in [2.24, 2.45) is 5.92 Å². The van der Waals surface area contributed by atoms with Gasteiger partial charge in [0.1, 0.15) is 0 Å². The number of carbonyl (C=O) groups excluding carboxylic acids is 2. The van der Waals surface area contributed by atoms with Crippen molar-refractivity contribution in [3.05, 3.63) is 87.4 Å². The Morgan fingerprint density at radius 2 is 1.93 bits per heavy atom. The SMILES string of the molecule is CCOC(=O)NC(=S)N(Cc1cccc(Cl)c1Cl)C[C@@H](NC(=O)Cc1cncn1Cc1ccc(C#N)cc1)[C@@H](C)CC. The third kappa shape index (κ3) is 9.44. The van der Waals surface area contributed by atoms with E-state index in [-0.39, 0.29) is 42.6 Å². The van der Waals surface area contributed by atoms with E-state index in [2.05, 4.69) is 21.7 Å². The Hall–Kier alpha value is -3.65. The number of hydrogen-bond acceptors (Lipinski definition) is 6. The Morgan fingerprint density at radius 3 is 2.60 bits per heavy atom. The number of alkyl carbamates (subject to hydrolysis) is 1. The summed E-state index contributed by atoms with van der Waals surface area (Å²) in [4.78, 5) is 31.5. The number of nitriles is 1. The van der Waals surface area contributed by atoms with Crippen LogP contribution in [0.4, 0.5) is 4.79 Å². The van der Waals surface area contributed by atoms with E-state index in [1.807, 2.05) is 36.6 Å². The number of benzene rings is 2. The summed E-state index contributed by atoms with van der Waals surface area (Å²) < 4.78 is 6.92. The van der Waals surface area contributed by atoms with Crippen molar-refractivity contribution in [3.8, 4) is 6.07 Å². The molecule has 3 aromatic rings. The molecule has 2 amide bonds. The van der Waals surface area contributed by atoms with E-state index in [0.29, 0.717) is 28.7 Å². The van der Waals surface area contributed by atoms with Crippen LogP contribution in [-0.2, 0) is 29.0 Å². The fraction of sp³-hybridized carbons (Fsp3) is 0.367. The highest BCUT2D eigenvalue weighted by molar-refractivity contribution is 7.80. The maximum atomic E-state index is 13.3. The van der Waals surface area contributed by atoms with Crippen molar-refractivity contribution >= 4 is 52.5 Å². The first kappa shape index (κ1) is 32.9. The number of nitrogens with one attached hydrogen (secondary N) is 2. The predicted molar refractivity (Wildman–Crippen MR) is 167 cm³/mol. The number of amides is 2. The molecular formula is C30H34Cl2N6O3S. The Bertz CT molecular complexity index is 1420. The summed E-state index contributed by atoms with van der Waals surface area (Å²) in [5, 5.41) is 15.8. The van der Waals surface area contributed by atoms with Crippen molar-refractivity contribution in [2.45, 2.75) is 52.7 Å². The van der Waals surface area contributed by atoms with Crippen molar-refractivity contribution in [3.63, 3.8) is 0 Å². The van der Waals surface area contributed by atoms with Crippen LogP contribution < -0.4 is 10.6 Å². The van der Waals surface area contributed by atoms with Crippen LogP contribution in [-0.4, -0.2) is 50.8 Å². The summed E-state index contributed by atoms with van der Waals surface area (Å²) in [5.41, 5.74) is 3.05. The Kier molecular flexibility index (Phi) is 12.6. The number of thiocarbonyl (C=S) groups is 1. The van der Waals surface area contributed by atoms with Gasteiger partial charge in [-0.25, -0.2) is 9.78 Å². The van der Waals surface area contributed by atoms with E-state index in [1.165, 1.54) is 0 Å². The molecule has 0 unspecified atom stereocenters. The first-order valence-electron chi connectivity index (χ1n) is 13.6. The molecule has 0 fully saturated rings. The third-order valence-corrected chi connectivity index (χ3v) is 8.05. The van der Waals surface area contributed by atoms with Gasteiger partial charge in [0.2, 0.25) is 5.91 Å². The standard InChI is InChI=1S/C30H34Cl2N6O3S/c1-4-20(3)26(18-37(29(42)36-30(40)41-5-2)17-23-7-6-8-25(31)28(23)32)35-27(39)13-24-15-34-19-38(24)16-22-11-9-21(14-33)10-12-22/h6-12,15,19-20,26H,4-5,13,16-18H2,1-3H3,(H,35,39)(H,36,40,42)/t20-,26+/m0/s1. The van der Waals surface area contributed by atoms with Gasteiger partial charge >= 0.3 is 6.09 Å². The molecule has 2 atom stereocenters. The number of carbonyl (C=O) groups is 2. The lowest BCUT2D eigenvalue weighted by Gasteiger charge is -2.33. The highest BCUT2D eigenvalue weighted by Gasteiger charge is 2.25. The van der Waals surface area contributed by atoms with Crippen LogP contribution >= 0.6 is 35.4 Å². The quantitative estimate of drug-likeness (QED) is 0.247. The van der Waals surface area contributed by atoms with Crippen molar-refractivity contribution < 1.29 is 14.3 Å². The van der Waals surface area contributed by atoms with Crippen molar-refractivity contribution in [1.82, 2.24) is 25.1 Å². The second-order valence-electron chi connectivity index (χ2n) is 9.80. The second kappa shape index (κ2) is 16.1. The zero-order valence-electron chi connectivity index (χ0n) is 23.8. The molecule has 0 aliphatic carbocycles. The van der Waals surface area contributed by atoms with Gasteiger partial charge in [-0.05, 0) is 54.4 Å². The zero-order valence-corrected chi connectivity index (χ0v) is 26.1. The van der Waals surface area contributed by atoms with Gasteiger partial charge in [0.05, 0.1) is 41.0 Å². The average molecular weight is 630 g/mol. The van der Waals surface area contributed by atoms with Gasteiger partial charge in [0.15, 0.2) is 5.11 Å². The first-order valence-corrected chi connectivity index (χ1v) is 14.7. The highest BCUT2D eigenvalue weighted by atomic mass is 35.5. The summed E-state index contributed by atoms with van der Waals surface area (Å²) >= 11 is 18.3. The molecule has 2 aromatic carbocycles. The first-order chi connectivity index (χ1) is 20.1. The molecule has 222 valence electrons. The Balaban J connectivity index is 1.76. The minimum Gasteiger partial charge on any atom is -0.450 e. The molecule has 9 nitrogen and oxygen atoms in total. The number of rotatable bonds is 12. The fourth-order valence-corrected chi connectivity index (χ4v) is 4.86. The number of ether oxygens (including phenoxy) is 1. The van der Waals surface area contributed by atoms with E-state index in [1.54, 1.807) is 48.6 Å². The molecule has 0 aliphatic rings.